The second-order valence-corrected chi connectivity index (χ2v) is 9.35. The number of nitrogens with zero attached hydrogens (tertiary/aromatic N) is 4. The molecular formula is C30H34N6O3. The molecule has 0 aliphatic carbocycles. The summed E-state index contributed by atoms with van der Waals surface area (Å²) in [5, 5.41) is 10.9. The van der Waals surface area contributed by atoms with Crippen LogP contribution in [0.3, 0.4) is 0 Å². The van der Waals surface area contributed by atoms with Gasteiger partial charge < -0.3 is 19.7 Å². The maximum Gasteiger partial charge on any atom is 0.320 e. The summed E-state index contributed by atoms with van der Waals surface area (Å²) in [4.78, 5) is 20.2. The first-order chi connectivity index (χ1) is 19.1. The normalized spacial score (nSPS) is 16.6. The molecule has 0 spiro atoms. The molecule has 1 saturated heterocycles. The predicted octanol–water partition coefficient (Wildman–Crippen LogP) is 5.17. The van der Waals surface area contributed by atoms with Gasteiger partial charge in [0.2, 0.25) is 11.8 Å². The smallest absolute Gasteiger partial charge is 0.320 e. The Bertz CT molecular complexity index is 1390. The molecule has 4 aromatic rings. The summed E-state index contributed by atoms with van der Waals surface area (Å²) < 4.78 is 13.2. The van der Waals surface area contributed by atoms with Crippen LogP contribution in [0, 0.1) is 6.92 Å². The van der Waals surface area contributed by atoms with Crippen LogP contribution in [-0.2, 0) is 0 Å². The van der Waals surface area contributed by atoms with Gasteiger partial charge in [-0.25, -0.2) is 14.5 Å². The van der Waals surface area contributed by atoms with Gasteiger partial charge in [0.05, 0.1) is 36.2 Å². The first kappa shape index (κ1) is 26.1. The molecule has 2 amide bonds. The summed E-state index contributed by atoms with van der Waals surface area (Å²) >= 11 is 0. The number of carbonyl (C=O) groups is 1. The molecule has 0 bridgehead atoms. The third-order valence-electron chi connectivity index (χ3n) is 6.83. The summed E-state index contributed by atoms with van der Waals surface area (Å²) in [6, 6.07) is 23.4. The Hall–Kier alpha value is -4.53. The SMILES string of the molecule is CCOc1ncccc1N1C[C@@H](NC(=O)Nc2c(C)c(OCC)nn2-c2ccccc2)[C@H](c2ccccc2)C1. The van der Waals surface area contributed by atoms with Crippen LogP contribution >= 0.6 is 0 Å². The Morgan fingerprint density at radius 2 is 1.62 bits per heavy atom. The fraction of sp³-hybridized carbons (Fsp3) is 0.300. The number of anilines is 2. The highest BCUT2D eigenvalue weighted by molar-refractivity contribution is 5.90. The Morgan fingerprint density at radius 1 is 0.923 bits per heavy atom. The van der Waals surface area contributed by atoms with Gasteiger partial charge in [-0.15, -0.1) is 5.10 Å². The van der Waals surface area contributed by atoms with Crippen molar-refractivity contribution in [2.45, 2.75) is 32.7 Å². The zero-order chi connectivity index (χ0) is 27.2. The topological polar surface area (TPSA) is 93.5 Å². The number of hydrogen-bond acceptors (Lipinski definition) is 6. The minimum atomic E-state index is -0.303. The van der Waals surface area contributed by atoms with E-state index in [4.69, 9.17) is 9.47 Å². The summed E-state index contributed by atoms with van der Waals surface area (Å²) in [7, 11) is 0. The Balaban J connectivity index is 1.41. The van der Waals surface area contributed by atoms with Crippen molar-refractivity contribution >= 4 is 17.5 Å². The van der Waals surface area contributed by atoms with Crippen LogP contribution in [0.4, 0.5) is 16.3 Å². The van der Waals surface area contributed by atoms with Crippen molar-refractivity contribution in [1.82, 2.24) is 20.1 Å². The van der Waals surface area contributed by atoms with E-state index >= 15 is 0 Å². The monoisotopic (exact) mass is 526 g/mol. The van der Waals surface area contributed by atoms with E-state index in [1.807, 2.05) is 81.4 Å². The minimum Gasteiger partial charge on any atom is -0.477 e. The molecule has 5 rings (SSSR count). The van der Waals surface area contributed by atoms with Gasteiger partial charge in [-0.2, -0.15) is 0 Å². The summed E-state index contributed by atoms with van der Waals surface area (Å²) in [6.45, 7) is 8.10. The quantitative estimate of drug-likeness (QED) is 0.313. The van der Waals surface area contributed by atoms with Gasteiger partial charge in [0, 0.05) is 25.2 Å². The average molecular weight is 527 g/mol. The van der Waals surface area contributed by atoms with Gasteiger partial charge in [0.1, 0.15) is 5.82 Å². The molecule has 2 aromatic heterocycles. The lowest BCUT2D eigenvalue weighted by Crippen LogP contribution is -2.42. The number of urea groups is 1. The zero-order valence-corrected chi connectivity index (χ0v) is 22.5. The van der Waals surface area contributed by atoms with Gasteiger partial charge in [-0.1, -0.05) is 48.5 Å². The predicted molar refractivity (Wildman–Crippen MR) is 152 cm³/mol. The van der Waals surface area contributed by atoms with E-state index in [-0.39, 0.29) is 18.0 Å². The van der Waals surface area contributed by atoms with Gasteiger partial charge in [0.15, 0.2) is 0 Å². The van der Waals surface area contributed by atoms with E-state index in [1.54, 1.807) is 10.9 Å². The number of benzene rings is 2. The lowest BCUT2D eigenvalue weighted by Gasteiger charge is -2.21. The molecule has 2 N–H and O–H groups in total. The van der Waals surface area contributed by atoms with Crippen molar-refractivity contribution in [3.05, 3.63) is 90.1 Å². The van der Waals surface area contributed by atoms with Crippen LogP contribution in [0.2, 0.25) is 0 Å². The first-order valence-electron chi connectivity index (χ1n) is 13.3. The fourth-order valence-electron chi connectivity index (χ4n) is 5.02. The third kappa shape index (κ3) is 5.67. The molecule has 202 valence electrons. The third-order valence-corrected chi connectivity index (χ3v) is 6.83. The van der Waals surface area contributed by atoms with Crippen LogP contribution in [0.5, 0.6) is 11.8 Å². The maximum atomic E-state index is 13.5. The standard InChI is InChI=1S/C30H34N6O3/c1-4-38-28-21(3)27(36(34-28)23-15-10-7-11-16-23)33-30(37)32-25-20-35(19-24(25)22-13-8-6-9-14-22)26-17-12-18-31-29(26)39-5-2/h6-18,24-25H,4-5,19-20H2,1-3H3,(H2,32,33,37)/t24-,25+/m0/s1. The molecule has 2 aromatic carbocycles. The van der Waals surface area contributed by atoms with Crippen LogP contribution in [0.15, 0.2) is 79.0 Å². The van der Waals surface area contributed by atoms with Crippen LogP contribution in [0.25, 0.3) is 5.69 Å². The highest BCUT2D eigenvalue weighted by Crippen LogP contribution is 2.35. The first-order valence-corrected chi connectivity index (χ1v) is 13.3. The molecule has 9 heteroatoms. The van der Waals surface area contributed by atoms with Crippen molar-refractivity contribution in [3.63, 3.8) is 0 Å². The number of para-hydroxylation sites is 1. The van der Waals surface area contributed by atoms with Crippen molar-refractivity contribution < 1.29 is 14.3 Å². The highest BCUT2D eigenvalue weighted by Gasteiger charge is 2.36. The molecule has 0 radical (unpaired) electrons. The van der Waals surface area contributed by atoms with Crippen LogP contribution in [0.1, 0.15) is 30.9 Å². The number of carbonyl (C=O) groups excluding carboxylic acids is 1. The number of amides is 2. The molecule has 0 saturated carbocycles. The number of hydrogen-bond donors (Lipinski definition) is 2. The second kappa shape index (κ2) is 11.9. The number of aromatic nitrogens is 3. The molecule has 39 heavy (non-hydrogen) atoms. The van der Waals surface area contributed by atoms with Crippen molar-refractivity contribution in [1.29, 1.82) is 0 Å². The van der Waals surface area contributed by atoms with E-state index in [0.29, 0.717) is 37.3 Å². The maximum absolute atomic E-state index is 13.5. The van der Waals surface area contributed by atoms with E-state index < -0.39 is 0 Å². The molecule has 2 atom stereocenters. The van der Waals surface area contributed by atoms with Gasteiger partial charge in [-0.3, -0.25) is 5.32 Å². The number of pyridine rings is 1. The summed E-state index contributed by atoms with van der Waals surface area (Å²) in [5.41, 5.74) is 3.68. The van der Waals surface area contributed by atoms with Gasteiger partial charge in [-0.05, 0) is 50.6 Å². The van der Waals surface area contributed by atoms with E-state index in [0.717, 1.165) is 29.0 Å². The Kier molecular flexibility index (Phi) is 7.96. The minimum absolute atomic E-state index is 0.0748. The second-order valence-electron chi connectivity index (χ2n) is 9.35. The molecule has 0 unspecified atom stereocenters. The molecule has 1 aliphatic heterocycles. The number of ether oxygens (including phenoxy) is 2. The average Bonchev–Trinajstić information content (AvgIpc) is 3.51. The van der Waals surface area contributed by atoms with Gasteiger partial charge in [0.25, 0.3) is 0 Å². The lowest BCUT2D eigenvalue weighted by molar-refractivity contribution is 0.248. The fourth-order valence-corrected chi connectivity index (χ4v) is 5.02. The summed E-state index contributed by atoms with van der Waals surface area (Å²) in [5.74, 6) is 1.73. The van der Waals surface area contributed by atoms with Crippen molar-refractivity contribution in [2.24, 2.45) is 0 Å². The molecule has 3 heterocycles. The van der Waals surface area contributed by atoms with E-state index in [9.17, 15) is 4.79 Å². The van der Waals surface area contributed by atoms with Crippen molar-refractivity contribution in [3.8, 4) is 17.4 Å². The Labute approximate surface area is 228 Å². The number of rotatable bonds is 9. The van der Waals surface area contributed by atoms with Gasteiger partial charge >= 0.3 is 6.03 Å². The van der Waals surface area contributed by atoms with E-state index in [1.165, 1.54) is 0 Å². The highest BCUT2D eigenvalue weighted by atomic mass is 16.5. The zero-order valence-electron chi connectivity index (χ0n) is 22.5. The summed E-state index contributed by atoms with van der Waals surface area (Å²) in [6.07, 6.45) is 1.73. The molecule has 1 fully saturated rings. The van der Waals surface area contributed by atoms with Crippen LogP contribution in [-0.4, -0.2) is 53.1 Å². The molecule has 9 nitrogen and oxygen atoms in total. The van der Waals surface area contributed by atoms with Crippen LogP contribution < -0.4 is 25.0 Å². The molecule has 1 aliphatic rings. The largest absolute Gasteiger partial charge is 0.477 e. The van der Waals surface area contributed by atoms with Crippen molar-refractivity contribution in [2.75, 3.05) is 36.5 Å². The Morgan fingerprint density at radius 3 is 2.33 bits per heavy atom. The molecular weight excluding hydrogens is 492 g/mol. The van der Waals surface area contributed by atoms with E-state index in [2.05, 4.69) is 37.7 Å². The lowest BCUT2D eigenvalue weighted by atomic mass is 9.94. The number of nitrogens with one attached hydrogen (secondary N) is 2.